The predicted octanol–water partition coefficient (Wildman–Crippen LogP) is 3.68. The molecule has 0 aliphatic rings. The molecule has 0 aliphatic heterocycles. The largest absolute Gasteiger partial charge is 0.354 e. The van der Waals surface area contributed by atoms with Crippen molar-refractivity contribution in [3.8, 4) is 0 Å². The van der Waals surface area contributed by atoms with Gasteiger partial charge in [0.25, 0.3) is 5.91 Å². The first-order valence-corrected chi connectivity index (χ1v) is 10.9. The highest BCUT2D eigenvalue weighted by atomic mass is 32.1. The van der Waals surface area contributed by atoms with E-state index in [9.17, 15) is 9.59 Å². The number of carbonyl (C=O) groups is 2. The van der Waals surface area contributed by atoms with E-state index in [4.69, 9.17) is 0 Å². The Morgan fingerprint density at radius 2 is 1.72 bits per heavy atom. The Morgan fingerprint density at radius 1 is 0.969 bits per heavy atom. The molecule has 2 aromatic carbocycles. The molecule has 32 heavy (non-hydrogen) atoms. The number of pyridine rings is 1. The highest BCUT2D eigenvalue weighted by molar-refractivity contribution is 7.03. The number of carbonyl (C=O) groups excluding carboxylic acids is 2. The van der Waals surface area contributed by atoms with E-state index in [1.165, 1.54) is 4.90 Å². The van der Waals surface area contributed by atoms with Gasteiger partial charge in [-0.3, -0.25) is 19.5 Å². The van der Waals surface area contributed by atoms with Crippen LogP contribution in [0.15, 0.2) is 90.6 Å². The van der Waals surface area contributed by atoms with E-state index in [1.54, 1.807) is 42.0 Å². The molecule has 2 aromatic heterocycles. The maximum atomic E-state index is 13.5. The molecule has 0 saturated heterocycles. The van der Waals surface area contributed by atoms with Crippen molar-refractivity contribution >= 4 is 29.0 Å². The number of rotatable bonds is 8. The van der Waals surface area contributed by atoms with Gasteiger partial charge >= 0.3 is 0 Å². The number of para-hydroxylation sites is 1. The average Bonchev–Trinajstić information content (AvgIpc) is 3.39. The van der Waals surface area contributed by atoms with E-state index in [0.717, 1.165) is 17.1 Å². The van der Waals surface area contributed by atoms with Gasteiger partial charge in [0.1, 0.15) is 6.04 Å². The molecule has 0 unspecified atom stereocenters. The zero-order valence-electron chi connectivity index (χ0n) is 17.2. The number of hydrogen-bond donors (Lipinski definition) is 1. The zero-order valence-corrected chi connectivity index (χ0v) is 18.0. The van der Waals surface area contributed by atoms with Crippen molar-refractivity contribution in [2.24, 2.45) is 0 Å². The third-order valence-electron chi connectivity index (χ3n) is 4.89. The Hall–Kier alpha value is -3.91. The topological polar surface area (TPSA) is 88.1 Å². The summed E-state index contributed by atoms with van der Waals surface area (Å²) in [7, 11) is 0. The lowest BCUT2D eigenvalue weighted by atomic mass is 10.0. The van der Waals surface area contributed by atoms with Gasteiger partial charge in [-0.05, 0) is 41.7 Å². The fourth-order valence-electron chi connectivity index (χ4n) is 3.38. The fourth-order valence-corrected chi connectivity index (χ4v) is 3.81. The van der Waals surface area contributed by atoms with E-state index in [1.807, 2.05) is 48.5 Å². The molecule has 160 valence electrons. The summed E-state index contributed by atoms with van der Waals surface area (Å²) in [5.41, 5.74) is 2.49. The first-order valence-electron chi connectivity index (χ1n) is 10.1. The Labute approximate surface area is 189 Å². The van der Waals surface area contributed by atoms with Crippen LogP contribution in [0.1, 0.15) is 27.7 Å². The lowest BCUT2D eigenvalue weighted by molar-refractivity contribution is -0.122. The molecule has 4 rings (SSSR count). The van der Waals surface area contributed by atoms with Gasteiger partial charge in [-0.25, -0.2) is 0 Å². The summed E-state index contributed by atoms with van der Waals surface area (Å²) in [4.78, 5) is 32.5. The SMILES string of the molecule is O=C(NCCc1ccccc1)[C@@H](c1cccnc1)N(C(=O)c1csnn1)c1ccccc1. The Morgan fingerprint density at radius 3 is 2.38 bits per heavy atom. The van der Waals surface area contributed by atoms with Crippen molar-refractivity contribution < 1.29 is 9.59 Å². The lowest BCUT2D eigenvalue weighted by Gasteiger charge is -2.30. The van der Waals surface area contributed by atoms with Gasteiger partial charge in [0.05, 0.1) is 0 Å². The Balaban J connectivity index is 1.66. The molecule has 0 spiro atoms. The molecule has 1 atom stereocenters. The molecule has 1 N–H and O–H groups in total. The van der Waals surface area contributed by atoms with Crippen LogP contribution in [-0.2, 0) is 11.2 Å². The Kier molecular flexibility index (Phi) is 6.94. The summed E-state index contributed by atoms with van der Waals surface area (Å²) in [5, 5.41) is 8.49. The molecule has 8 heteroatoms. The minimum absolute atomic E-state index is 0.185. The van der Waals surface area contributed by atoms with Crippen molar-refractivity contribution in [3.63, 3.8) is 0 Å². The fraction of sp³-hybridized carbons (Fsp3) is 0.125. The van der Waals surface area contributed by atoms with Crippen LogP contribution in [0, 0.1) is 0 Å². The maximum absolute atomic E-state index is 13.5. The molecule has 4 aromatic rings. The number of benzene rings is 2. The van der Waals surface area contributed by atoms with Crippen LogP contribution in [0.2, 0.25) is 0 Å². The van der Waals surface area contributed by atoms with Crippen LogP contribution >= 0.6 is 11.5 Å². The van der Waals surface area contributed by atoms with Crippen LogP contribution < -0.4 is 10.2 Å². The van der Waals surface area contributed by atoms with Gasteiger partial charge in [0.2, 0.25) is 5.91 Å². The van der Waals surface area contributed by atoms with Crippen molar-refractivity contribution in [3.05, 3.63) is 107 Å². The summed E-state index contributed by atoms with van der Waals surface area (Å²) in [6.07, 6.45) is 3.92. The monoisotopic (exact) mass is 443 g/mol. The second kappa shape index (κ2) is 10.4. The molecule has 0 aliphatic carbocycles. The highest BCUT2D eigenvalue weighted by Crippen LogP contribution is 2.29. The van der Waals surface area contributed by atoms with Gasteiger partial charge in [-0.15, -0.1) is 5.10 Å². The molecule has 2 heterocycles. The third kappa shape index (κ3) is 5.04. The molecular formula is C24H21N5O2S. The van der Waals surface area contributed by atoms with Crippen LogP contribution in [0.5, 0.6) is 0 Å². The molecule has 7 nitrogen and oxygen atoms in total. The summed E-state index contributed by atoms with van der Waals surface area (Å²) in [6, 6.07) is 21.6. The first-order chi connectivity index (χ1) is 15.7. The van der Waals surface area contributed by atoms with Gasteiger partial charge in [0, 0.05) is 35.6 Å². The number of nitrogens with one attached hydrogen (secondary N) is 1. The van der Waals surface area contributed by atoms with Crippen molar-refractivity contribution in [2.75, 3.05) is 11.4 Å². The Bertz CT molecular complexity index is 1140. The molecule has 0 saturated carbocycles. The predicted molar refractivity (Wildman–Crippen MR) is 123 cm³/mol. The highest BCUT2D eigenvalue weighted by Gasteiger charge is 2.34. The summed E-state index contributed by atoms with van der Waals surface area (Å²) < 4.78 is 3.81. The van der Waals surface area contributed by atoms with E-state index in [-0.39, 0.29) is 11.6 Å². The average molecular weight is 444 g/mol. The van der Waals surface area contributed by atoms with Crippen molar-refractivity contribution in [1.82, 2.24) is 19.9 Å². The molecule has 0 bridgehead atoms. The van der Waals surface area contributed by atoms with E-state index < -0.39 is 11.9 Å². The summed E-state index contributed by atoms with van der Waals surface area (Å²) >= 11 is 1.09. The number of hydrogen-bond acceptors (Lipinski definition) is 6. The molecule has 0 radical (unpaired) electrons. The van der Waals surface area contributed by atoms with Gasteiger partial charge in [-0.2, -0.15) is 0 Å². The zero-order chi connectivity index (χ0) is 22.2. The smallest absolute Gasteiger partial charge is 0.280 e. The number of aromatic nitrogens is 3. The molecular weight excluding hydrogens is 422 g/mol. The van der Waals surface area contributed by atoms with Crippen molar-refractivity contribution in [1.29, 1.82) is 0 Å². The molecule has 0 fully saturated rings. The minimum atomic E-state index is -0.920. The van der Waals surface area contributed by atoms with E-state index in [2.05, 4.69) is 19.9 Å². The third-order valence-corrected chi connectivity index (χ3v) is 5.40. The number of anilines is 1. The summed E-state index contributed by atoms with van der Waals surface area (Å²) in [6.45, 7) is 0.439. The van der Waals surface area contributed by atoms with E-state index in [0.29, 0.717) is 24.2 Å². The van der Waals surface area contributed by atoms with Crippen LogP contribution in [0.25, 0.3) is 0 Å². The number of amides is 2. The summed E-state index contributed by atoms with van der Waals surface area (Å²) in [5.74, 6) is -0.702. The van der Waals surface area contributed by atoms with Crippen LogP contribution in [0.3, 0.4) is 0 Å². The van der Waals surface area contributed by atoms with E-state index >= 15 is 0 Å². The lowest BCUT2D eigenvalue weighted by Crippen LogP contribution is -2.44. The quantitative estimate of drug-likeness (QED) is 0.449. The normalized spacial score (nSPS) is 11.5. The maximum Gasteiger partial charge on any atom is 0.280 e. The second-order valence-electron chi connectivity index (χ2n) is 7.02. The van der Waals surface area contributed by atoms with Gasteiger partial charge < -0.3 is 5.32 Å². The second-order valence-corrected chi connectivity index (χ2v) is 7.63. The van der Waals surface area contributed by atoms with Gasteiger partial charge in [-0.1, -0.05) is 59.1 Å². The minimum Gasteiger partial charge on any atom is -0.354 e. The van der Waals surface area contributed by atoms with Crippen molar-refractivity contribution in [2.45, 2.75) is 12.5 Å². The molecule has 2 amide bonds. The first kappa shape index (κ1) is 21.3. The number of nitrogens with zero attached hydrogens (tertiary/aromatic N) is 4. The standard InChI is InChI=1S/C24H21N5O2S/c30-23(26-15-13-18-8-3-1-4-9-18)22(19-10-7-14-25-16-19)29(20-11-5-2-6-12-20)24(31)21-17-32-28-27-21/h1-12,14,16-17,22H,13,15H2,(H,26,30)/t22-/m1/s1. The van der Waals surface area contributed by atoms with Crippen LogP contribution in [-0.4, -0.2) is 32.9 Å². The van der Waals surface area contributed by atoms with Crippen LogP contribution in [0.4, 0.5) is 5.69 Å². The van der Waals surface area contributed by atoms with Gasteiger partial charge in [0.15, 0.2) is 5.69 Å².